The molecule has 0 saturated carbocycles. The highest BCUT2D eigenvalue weighted by Gasteiger charge is 1.98. The first-order valence-electron chi connectivity index (χ1n) is 6.52. The molecule has 0 aliphatic carbocycles. The predicted molar refractivity (Wildman–Crippen MR) is 74.6 cm³/mol. The van der Waals surface area contributed by atoms with Gasteiger partial charge >= 0.3 is 0 Å². The predicted octanol–water partition coefficient (Wildman–Crippen LogP) is 3.54. The molecule has 4 nitrogen and oxygen atoms in total. The van der Waals surface area contributed by atoms with Crippen molar-refractivity contribution in [2.45, 2.75) is 39.0 Å². The Balaban J connectivity index is 2.29. The number of ether oxygens (including phenoxy) is 1. The number of aryl methyl sites for hydroxylation is 1. The molecule has 0 aliphatic heterocycles. The van der Waals surface area contributed by atoms with Crippen molar-refractivity contribution in [2.75, 3.05) is 6.61 Å². The number of nitrogens with zero attached hydrogens (tertiary/aromatic N) is 2. The highest BCUT2D eigenvalue weighted by atomic mass is 16.5. The minimum atomic E-state index is 0.591. The van der Waals surface area contributed by atoms with Gasteiger partial charge in [-0.15, -0.1) is 0 Å². The Morgan fingerprint density at radius 3 is 2.68 bits per heavy atom. The molecule has 0 atom stereocenters. The molecule has 1 aromatic carbocycles. The summed E-state index contributed by atoms with van der Waals surface area (Å²) in [5.41, 5.74) is 1.93. The van der Waals surface area contributed by atoms with Crippen LogP contribution in [0.25, 0.3) is 0 Å². The molecule has 1 rings (SSSR count). The van der Waals surface area contributed by atoms with E-state index in [0.29, 0.717) is 13.0 Å². The third kappa shape index (κ3) is 6.46. The largest absolute Gasteiger partial charge is 0.494 e. The quantitative estimate of drug-likeness (QED) is 0.336. The lowest BCUT2D eigenvalue weighted by molar-refractivity contribution is 0.307. The van der Waals surface area contributed by atoms with Gasteiger partial charge in [0.25, 0.3) is 0 Å². The molecule has 0 radical (unpaired) electrons. The van der Waals surface area contributed by atoms with Crippen molar-refractivity contribution in [2.24, 2.45) is 5.16 Å². The molecule has 0 aromatic heterocycles. The fraction of sp³-hybridized carbons (Fsp3) is 0.467. The van der Waals surface area contributed by atoms with E-state index in [1.165, 1.54) is 5.56 Å². The first kappa shape index (κ1) is 15.0. The molecule has 1 N–H and O–H groups in total. The van der Waals surface area contributed by atoms with E-state index in [9.17, 15) is 0 Å². The van der Waals surface area contributed by atoms with Crippen LogP contribution in [0.5, 0.6) is 5.75 Å². The van der Waals surface area contributed by atoms with Crippen LogP contribution in [0.4, 0.5) is 0 Å². The van der Waals surface area contributed by atoms with Crippen molar-refractivity contribution in [3.8, 4) is 11.8 Å². The third-order valence-corrected chi connectivity index (χ3v) is 2.82. The van der Waals surface area contributed by atoms with Crippen LogP contribution >= 0.6 is 0 Å². The molecule has 0 heterocycles. The molecule has 102 valence electrons. The van der Waals surface area contributed by atoms with Gasteiger partial charge in [-0.25, -0.2) is 0 Å². The van der Waals surface area contributed by atoms with E-state index in [4.69, 9.17) is 15.2 Å². The summed E-state index contributed by atoms with van der Waals surface area (Å²) < 4.78 is 5.58. The summed E-state index contributed by atoms with van der Waals surface area (Å²) in [6, 6.07) is 10.1. The topological polar surface area (TPSA) is 65.6 Å². The van der Waals surface area contributed by atoms with Gasteiger partial charge in [0, 0.05) is 6.42 Å². The van der Waals surface area contributed by atoms with Gasteiger partial charge in [0.05, 0.1) is 18.4 Å². The zero-order valence-corrected chi connectivity index (χ0v) is 11.3. The van der Waals surface area contributed by atoms with Crippen LogP contribution in [0, 0.1) is 11.3 Å². The lowest BCUT2D eigenvalue weighted by Crippen LogP contribution is -1.98. The van der Waals surface area contributed by atoms with Crippen molar-refractivity contribution in [1.29, 1.82) is 5.26 Å². The summed E-state index contributed by atoms with van der Waals surface area (Å²) >= 11 is 0. The Kier molecular flexibility index (Phi) is 7.11. The van der Waals surface area contributed by atoms with Crippen molar-refractivity contribution in [3.63, 3.8) is 0 Å². The van der Waals surface area contributed by atoms with E-state index in [1.54, 1.807) is 6.92 Å². The van der Waals surface area contributed by atoms with Crippen LogP contribution in [-0.4, -0.2) is 17.5 Å². The number of rotatable bonds is 8. The van der Waals surface area contributed by atoms with Crippen LogP contribution in [0.15, 0.2) is 29.4 Å². The van der Waals surface area contributed by atoms with Crippen LogP contribution < -0.4 is 4.74 Å². The van der Waals surface area contributed by atoms with E-state index in [1.807, 2.05) is 24.3 Å². The standard InChI is InChI=1S/C15H20N2O2/c1-13(17-18)5-6-14-7-9-15(10-8-14)19-12-4-2-3-11-16/h7-10,18H,2-6,12H2,1H3/b17-13+. The second-order valence-electron chi connectivity index (χ2n) is 4.44. The number of hydrogen-bond acceptors (Lipinski definition) is 4. The summed E-state index contributed by atoms with van der Waals surface area (Å²) in [4.78, 5) is 0. The van der Waals surface area contributed by atoms with Gasteiger partial charge in [-0.2, -0.15) is 5.26 Å². The minimum absolute atomic E-state index is 0.591. The lowest BCUT2D eigenvalue weighted by atomic mass is 10.1. The van der Waals surface area contributed by atoms with Crippen molar-refractivity contribution < 1.29 is 9.94 Å². The number of nitriles is 1. The zero-order chi connectivity index (χ0) is 13.9. The number of unbranched alkanes of at least 4 members (excludes halogenated alkanes) is 2. The maximum Gasteiger partial charge on any atom is 0.119 e. The normalized spacial score (nSPS) is 11.1. The maximum absolute atomic E-state index is 8.56. The van der Waals surface area contributed by atoms with Gasteiger partial charge in [-0.1, -0.05) is 17.3 Å². The van der Waals surface area contributed by atoms with Crippen LogP contribution in [0.1, 0.15) is 38.2 Å². The number of hydrogen-bond donors (Lipinski definition) is 1. The lowest BCUT2D eigenvalue weighted by Gasteiger charge is -2.06. The molecule has 1 aromatic rings. The Morgan fingerprint density at radius 1 is 1.32 bits per heavy atom. The highest BCUT2D eigenvalue weighted by Crippen LogP contribution is 2.14. The average Bonchev–Trinajstić information content (AvgIpc) is 2.45. The van der Waals surface area contributed by atoms with Crippen molar-refractivity contribution in [1.82, 2.24) is 0 Å². The summed E-state index contributed by atoms with van der Waals surface area (Å²) in [7, 11) is 0. The molecule has 0 spiro atoms. The first-order chi connectivity index (χ1) is 9.26. The number of oxime groups is 1. The monoisotopic (exact) mass is 260 g/mol. The fourth-order valence-electron chi connectivity index (χ4n) is 1.62. The minimum Gasteiger partial charge on any atom is -0.494 e. The van der Waals surface area contributed by atoms with Gasteiger partial charge in [-0.3, -0.25) is 0 Å². The molecule has 0 amide bonds. The Bertz CT molecular complexity index is 432. The van der Waals surface area contributed by atoms with Gasteiger partial charge in [-0.05, 0) is 50.3 Å². The summed E-state index contributed by atoms with van der Waals surface area (Å²) in [5, 5.41) is 20.1. The second-order valence-corrected chi connectivity index (χ2v) is 4.44. The van der Waals surface area contributed by atoms with E-state index >= 15 is 0 Å². The van der Waals surface area contributed by atoms with E-state index in [2.05, 4.69) is 11.2 Å². The first-order valence-corrected chi connectivity index (χ1v) is 6.52. The number of benzene rings is 1. The molecular formula is C15H20N2O2. The van der Waals surface area contributed by atoms with E-state index in [0.717, 1.165) is 37.1 Å². The van der Waals surface area contributed by atoms with Gasteiger partial charge in [0.2, 0.25) is 0 Å². The second kappa shape index (κ2) is 8.98. The summed E-state index contributed by atoms with van der Waals surface area (Å²) in [6.07, 6.45) is 3.99. The molecule has 0 unspecified atom stereocenters. The molecule has 0 bridgehead atoms. The van der Waals surface area contributed by atoms with Gasteiger partial charge in [0.1, 0.15) is 5.75 Å². The Morgan fingerprint density at radius 2 is 2.05 bits per heavy atom. The molecule has 0 aliphatic rings. The van der Waals surface area contributed by atoms with Crippen LogP contribution in [0.2, 0.25) is 0 Å². The molecule has 0 fully saturated rings. The molecular weight excluding hydrogens is 240 g/mol. The smallest absolute Gasteiger partial charge is 0.119 e. The average molecular weight is 260 g/mol. The summed E-state index contributed by atoms with van der Waals surface area (Å²) in [5.74, 6) is 0.855. The summed E-state index contributed by atoms with van der Waals surface area (Å²) in [6.45, 7) is 2.45. The maximum atomic E-state index is 8.56. The van der Waals surface area contributed by atoms with Gasteiger partial charge in [0.15, 0.2) is 0 Å². The zero-order valence-electron chi connectivity index (χ0n) is 11.3. The third-order valence-electron chi connectivity index (χ3n) is 2.82. The van der Waals surface area contributed by atoms with E-state index < -0.39 is 0 Å². The highest BCUT2D eigenvalue weighted by molar-refractivity contribution is 5.81. The van der Waals surface area contributed by atoms with Crippen LogP contribution in [-0.2, 0) is 6.42 Å². The SMILES string of the molecule is C/C(CCc1ccc(OCCCCC#N)cc1)=N\O. The van der Waals surface area contributed by atoms with Crippen LogP contribution in [0.3, 0.4) is 0 Å². The molecule has 0 saturated heterocycles. The van der Waals surface area contributed by atoms with Gasteiger partial charge < -0.3 is 9.94 Å². The van der Waals surface area contributed by atoms with E-state index in [-0.39, 0.29) is 0 Å². The Hall–Kier alpha value is -2.02. The fourth-order valence-corrected chi connectivity index (χ4v) is 1.62. The van der Waals surface area contributed by atoms with Crippen molar-refractivity contribution in [3.05, 3.63) is 29.8 Å². The molecule has 19 heavy (non-hydrogen) atoms. The van der Waals surface area contributed by atoms with Crippen molar-refractivity contribution >= 4 is 5.71 Å². The Labute approximate surface area is 114 Å². The molecule has 4 heteroatoms.